The summed E-state index contributed by atoms with van der Waals surface area (Å²) >= 11 is 1.47. The first-order chi connectivity index (χ1) is 14.6. The molecule has 2 aromatic carbocycles. The van der Waals surface area contributed by atoms with Crippen LogP contribution < -0.4 is 0 Å². The van der Waals surface area contributed by atoms with Gasteiger partial charge in [-0.2, -0.15) is 0 Å². The van der Waals surface area contributed by atoms with Gasteiger partial charge in [0.05, 0.1) is 23.5 Å². The zero-order chi connectivity index (χ0) is 20.9. The van der Waals surface area contributed by atoms with Gasteiger partial charge in [0.2, 0.25) is 5.89 Å². The summed E-state index contributed by atoms with van der Waals surface area (Å²) in [6.07, 6.45) is 3.01. The third kappa shape index (κ3) is 4.97. The van der Waals surface area contributed by atoms with Gasteiger partial charge in [0, 0.05) is 5.75 Å². The lowest BCUT2D eigenvalue weighted by molar-refractivity contribution is 0.404. The third-order valence-electron chi connectivity index (χ3n) is 4.82. The van der Waals surface area contributed by atoms with E-state index in [1.165, 1.54) is 22.9 Å². The normalized spacial score (nSPS) is 12.4. The summed E-state index contributed by atoms with van der Waals surface area (Å²) in [4.78, 5) is 0. The largest absolute Gasteiger partial charge is 0.415 e. The van der Waals surface area contributed by atoms with Crippen molar-refractivity contribution in [2.75, 3.05) is 0 Å². The van der Waals surface area contributed by atoms with E-state index < -0.39 is 0 Å². The van der Waals surface area contributed by atoms with Crippen LogP contribution in [0.25, 0.3) is 5.69 Å². The number of benzene rings is 2. The maximum Gasteiger partial charge on any atom is 0.276 e. The lowest BCUT2D eigenvalue weighted by atomic mass is 9.97. The molecular formula is C23H25N5OS. The van der Waals surface area contributed by atoms with E-state index in [0.29, 0.717) is 22.8 Å². The second kappa shape index (κ2) is 9.26. The van der Waals surface area contributed by atoms with Gasteiger partial charge in [-0.3, -0.25) is 0 Å². The van der Waals surface area contributed by atoms with Gasteiger partial charge >= 0.3 is 0 Å². The minimum atomic E-state index is 0.0545. The van der Waals surface area contributed by atoms with E-state index in [2.05, 4.69) is 65.5 Å². The third-order valence-corrected chi connectivity index (χ3v) is 5.67. The first kappa shape index (κ1) is 20.3. The van der Waals surface area contributed by atoms with Crippen LogP contribution in [-0.2, 0) is 12.2 Å². The van der Waals surface area contributed by atoms with Crippen molar-refractivity contribution < 1.29 is 4.42 Å². The number of hydrogen-bond donors (Lipinski definition) is 0. The van der Waals surface area contributed by atoms with Gasteiger partial charge in [-0.25, -0.2) is 4.68 Å². The first-order valence-corrected chi connectivity index (χ1v) is 11.1. The fraction of sp³-hybridized carbons (Fsp3) is 0.304. The topological polar surface area (TPSA) is 69.6 Å². The summed E-state index contributed by atoms with van der Waals surface area (Å²) in [5.41, 5.74) is 4.37. The van der Waals surface area contributed by atoms with Crippen LogP contribution in [0.3, 0.4) is 0 Å². The van der Waals surface area contributed by atoms with Gasteiger partial charge in [0.1, 0.15) is 0 Å². The minimum Gasteiger partial charge on any atom is -0.415 e. The molecule has 6 nitrogen and oxygen atoms in total. The van der Waals surface area contributed by atoms with Crippen LogP contribution in [0, 0.1) is 5.92 Å². The fourth-order valence-corrected chi connectivity index (χ4v) is 3.86. The molecule has 1 unspecified atom stereocenters. The molecule has 0 bridgehead atoms. The highest BCUT2D eigenvalue weighted by atomic mass is 32.2. The van der Waals surface area contributed by atoms with Crippen LogP contribution in [0.4, 0.5) is 0 Å². The Morgan fingerprint density at radius 2 is 1.70 bits per heavy atom. The average Bonchev–Trinajstić information content (AvgIpc) is 3.42. The molecule has 0 aliphatic carbocycles. The smallest absolute Gasteiger partial charge is 0.276 e. The highest BCUT2D eigenvalue weighted by Crippen LogP contribution is 2.27. The molecule has 2 aromatic heterocycles. The van der Waals surface area contributed by atoms with Gasteiger partial charge < -0.3 is 4.42 Å². The standard InChI is InChI=1S/C23H25N5OS/c1-16(2)13-18-9-11-19(12-10-18)17(3)22-25-26-23(29-22)30-15-20-14-28(27-24-20)21-7-5-4-6-8-21/h4-12,14,16-17H,13,15H2,1-3H3. The Hall–Kier alpha value is -2.93. The quantitative estimate of drug-likeness (QED) is 0.361. The van der Waals surface area contributed by atoms with Gasteiger partial charge in [0.15, 0.2) is 0 Å². The molecule has 0 aliphatic heterocycles. The molecule has 4 rings (SSSR count). The molecule has 154 valence electrons. The molecule has 2 heterocycles. The monoisotopic (exact) mass is 419 g/mol. The van der Waals surface area contributed by atoms with Crippen molar-refractivity contribution in [3.05, 3.63) is 83.5 Å². The van der Waals surface area contributed by atoms with E-state index in [1.54, 1.807) is 4.68 Å². The van der Waals surface area contributed by atoms with Crippen LogP contribution in [-0.4, -0.2) is 25.2 Å². The maximum absolute atomic E-state index is 5.89. The molecule has 7 heteroatoms. The average molecular weight is 420 g/mol. The van der Waals surface area contributed by atoms with Crippen molar-refractivity contribution in [1.29, 1.82) is 0 Å². The summed E-state index contributed by atoms with van der Waals surface area (Å²) in [6, 6.07) is 18.6. The van der Waals surface area contributed by atoms with Crippen molar-refractivity contribution in [3.63, 3.8) is 0 Å². The Kier molecular flexibility index (Phi) is 6.28. The summed E-state index contributed by atoms with van der Waals surface area (Å²) < 4.78 is 7.66. The number of aromatic nitrogens is 5. The molecule has 4 aromatic rings. The Labute approximate surface area is 180 Å². The van der Waals surface area contributed by atoms with E-state index in [-0.39, 0.29) is 5.92 Å². The molecule has 1 atom stereocenters. The molecule has 0 spiro atoms. The minimum absolute atomic E-state index is 0.0545. The van der Waals surface area contributed by atoms with E-state index in [4.69, 9.17) is 4.42 Å². The summed E-state index contributed by atoms with van der Waals surface area (Å²) in [5, 5.41) is 17.4. The zero-order valence-corrected chi connectivity index (χ0v) is 18.2. The van der Waals surface area contributed by atoms with E-state index in [0.717, 1.165) is 17.8 Å². The van der Waals surface area contributed by atoms with Crippen molar-refractivity contribution in [3.8, 4) is 5.69 Å². The van der Waals surface area contributed by atoms with Crippen molar-refractivity contribution in [2.45, 2.75) is 44.1 Å². The fourth-order valence-electron chi connectivity index (χ4n) is 3.22. The molecule has 0 aliphatic rings. The Morgan fingerprint density at radius 3 is 2.43 bits per heavy atom. The highest BCUT2D eigenvalue weighted by molar-refractivity contribution is 7.98. The molecule has 0 saturated heterocycles. The van der Waals surface area contributed by atoms with Crippen molar-refractivity contribution >= 4 is 11.8 Å². The van der Waals surface area contributed by atoms with Gasteiger partial charge in [-0.15, -0.1) is 15.3 Å². The number of rotatable bonds is 8. The molecule has 0 saturated carbocycles. The van der Waals surface area contributed by atoms with E-state index >= 15 is 0 Å². The van der Waals surface area contributed by atoms with Gasteiger partial charge in [0.25, 0.3) is 5.22 Å². The number of thioether (sulfide) groups is 1. The molecule has 0 radical (unpaired) electrons. The molecule has 30 heavy (non-hydrogen) atoms. The van der Waals surface area contributed by atoms with E-state index in [1.807, 2.05) is 36.5 Å². The van der Waals surface area contributed by atoms with Crippen molar-refractivity contribution in [2.24, 2.45) is 5.92 Å². The van der Waals surface area contributed by atoms with Crippen LogP contribution >= 0.6 is 11.8 Å². The van der Waals surface area contributed by atoms with Gasteiger partial charge in [-0.05, 0) is 42.5 Å². The molecular weight excluding hydrogens is 394 g/mol. The summed E-state index contributed by atoms with van der Waals surface area (Å²) in [7, 11) is 0. The van der Waals surface area contributed by atoms with Crippen LogP contribution in [0.15, 0.2) is 70.4 Å². The van der Waals surface area contributed by atoms with E-state index in [9.17, 15) is 0 Å². The summed E-state index contributed by atoms with van der Waals surface area (Å²) in [5.74, 6) is 1.95. The van der Waals surface area contributed by atoms with Crippen molar-refractivity contribution in [1.82, 2.24) is 25.2 Å². The molecule has 0 amide bonds. The number of para-hydroxylation sites is 1. The Morgan fingerprint density at radius 1 is 0.933 bits per heavy atom. The SMILES string of the molecule is CC(C)Cc1ccc(C(C)c2nnc(SCc3cn(-c4ccccc4)nn3)o2)cc1. The maximum atomic E-state index is 5.89. The second-order valence-corrected chi connectivity index (χ2v) is 8.67. The highest BCUT2D eigenvalue weighted by Gasteiger charge is 2.17. The Balaban J connectivity index is 1.36. The number of hydrogen-bond acceptors (Lipinski definition) is 6. The lowest BCUT2D eigenvalue weighted by Gasteiger charge is -2.09. The van der Waals surface area contributed by atoms with Crippen LogP contribution in [0.5, 0.6) is 0 Å². The predicted octanol–water partition coefficient (Wildman–Crippen LogP) is 5.29. The number of nitrogens with zero attached hydrogens (tertiary/aromatic N) is 5. The van der Waals surface area contributed by atoms with Crippen LogP contribution in [0.1, 0.15) is 49.4 Å². The molecule has 0 N–H and O–H groups in total. The molecule has 0 fully saturated rings. The predicted molar refractivity (Wildman–Crippen MR) is 118 cm³/mol. The van der Waals surface area contributed by atoms with Gasteiger partial charge in [-0.1, -0.05) is 73.3 Å². The lowest BCUT2D eigenvalue weighted by Crippen LogP contribution is -1.98. The van der Waals surface area contributed by atoms with Crippen LogP contribution in [0.2, 0.25) is 0 Å². The zero-order valence-electron chi connectivity index (χ0n) is 17.4. The first-order valence-electron chi connectivity index (χ1n) is 10.1. The Bertz CT molecular complexity index is 1070. The second-order valence-electron chi connectivity index (χ2n) is 7.75. The summed E-state index contributed by atoms with van der Waals surface area (Å²) in [6.45, 7) is 6.55.